The smallest absolute Gasteiger partial charge is 0.391 e. The molecule has 0 aromatic carbocycles. The Morgan fingerprint density at radius 2 is 1.95 bits per heavy atom. The molecule has 1 aliphatic rings. The van der Waals surface area contributed by atoms with Gasteiger partial charge in [-0.3, -0.25) is 10.1 Å². The number of nitrogens with one attached hydrogen (secondary N) is 1. The summed E-state index contributed by atoms with van der Waals surface area (Å²) in [7, 11) is 0. The number of hydrogen-bond donors (Lipinski definition) is 2. The third-order valence-electron chi connectivity index (χ3n) is 3.07. The van der Waals surface area contributed by atoms with Crippen molar-refractivity contribution in [3.8, 4) is 0 Å². The van der Waals surface area contributed by atoms with E-state index >= 15 is 0 Å². The minimum atomic E-state index is -4.21. The van der Waals surface area contributed by atoms with E-state index in [1.807, 2.05) is 0 Å². The average Bonchev–Trinajstić information content (AvgIpc) is 3.05. The summed E-state index contributed by atoms with van der Waals surface area (Å²) in [5.74, 6) is -0.935. The number of halogens is 3. The number of ether oxygens (including phenoxy) is 1. The lowest BCUT2D eigenvalue weighted by Gasteiger charge is -2.26. The number of carbonyl (C=O) groups is 1. The van der Waals surface area contributed by atoms with Crippen LogP contribution in [0.5, 0.6) is 0 Å². The quantitative estimate of drug-likeness (QED) is 0.638. The van der Waals surface area contributed by atoms with Crippen molar-refractivity contribution in [3.63, 3.8) is 0 Å². The fraction of sp³-hybridized carbons (Fsp3) is 0.917. The predicted octanol–water partition coefficient (Wildman–Crippen LogP) is 2.33. The molecule has 0 saturated heterocycles. The maximum atomic E-state index is 11.8. The Kier molecular flexibility index (Phi) is 5.61. The van der Waals surface area contributed by atoms with Gasteiger partial charge in [-0.05, 0) is 32.6 Å². The Hall–Kier alpha value is -0.820. The maximum Gasteiger partial charge on any atom is 0.391 e. The second-order valence-electron chi connectivity index (χ2n) is 5.14. The lowest BCUT2D eigenvalue weighted by Crippen LogP contribution is -2.50. The molecule has 1 aliphatic carbocycles. The molecule has 7 heteroatoms. The van der Waals surface area contributed by atoms with Crippen LogP contribution in [0.4, 0.5) is 13.2 Å². The van der Waals surface area contributed by atoms with Gasteiger partial charge in [0.25, 0.3) is 0 Å². The SMILES string of the molecule is CC(CCCOCCC(F)(F)F)(NC1CC1)C(=O)O. The molecule has 0 heterocycles. The van der Waals surface area contributed by atoms with Gasteiger partial charge in [0.1, 0.15) is 5.54 Å². The van der Waals surface area contributed by atoms with E-state index in [0.717, 1.165) is 12.8 Å². The number of hydrogen-bond acceptors (Lipinski definition) is 3. The molecule has 1 saturated carbocycles. The Morgan fingerprint density at radius 1 is 1.32 bits per heavy atom. The van der Waals surface area contributed by atoms with Crippen molar-refractivity contribution < 1.29 is 27.8 Å². The van der Waals surface area contributed by atoms with E-state index in [0.29, 0.717) is 12.8 Å². The van der Waals surface area contributed by atoms with Gasteiger partial charge < -0.3 is 9.84 Å². The second-order valence-corrected chi connectivity index (χ2v) is 5.14. The molecular weight excluding hydrogens is 263 g/mol. The largest absolute Gasteiger partial charge is 0.480 e. The Bertz CT molecular complexity index is 305. The molecule has 1 atom stereocenters. The fourth-order valence-corrected chi connectivity index (χ4v) is 1.74. The van der Waals surface area contributed by atoms with E-state index < -0.39 is 24.1 Å². The van der Waals surface area contributed by atoms with Gasteiger partial charge >= 0.3 is 12.1 Å². The van der Waals surface area contributed by atoms with Crippen LogP contribution in [0, 0.1) is 0 Å². The molecule has 0 radical (unpaired) electrons. The maximum absolute atomic E-state index is 11.8. The molecule has 0 amide bonds. The van der Waals surface area contributed by atoms with Crippen molar-refractivity contribution in [2.24, 2.45) is 0 Å². The molecule has 2 N–H and O–H groups in total. The van der Waals surface area contributed by atoms with Gasteiger partial charge in [-0.1, -0.05) is 0 Å². The van der Waals surface area contributed by atoms with Gasteiger partial charge in [0.05, 0.1) is 13.0 Å². The molecule has 0 spiro atoms. The minimum absolute atomic E-state index is 0.144. The van der Waals surface area contributed by atoms with Crippen LogP contribution in [0.3, 0.4) is 0 Å². The van der Waals surface area contributed by atoms with E-state index in [2.05, 4.69) is 5.32 Å². The molecule has 1 unspecified atom stereocenters. The average molecular weight is 283 g/mol. The summed E-state index contributed by atoms with van der Waals surface area (Å²) >= 11 is 0. The first kappa shape index (κ1) is 16.2. The molecule has 0 aliphatic heterocycles. The van der Waals surface area contributed by atoms with Crippen LogP contribution in [0.25, 0.3) is 0 Å². The summed E-state index contributed by atoms with van der Waals surface area (Å²) in [6.45, 7) is 1.37. The number of aliphatic carboxylic acids is 1. The summed E-state index contributed by atoms with van der Waals surface area (Å²) in [5, 5.41) is 12.2. The minimum Gasteiger partial charge on any atom is -0.480 e. The third kappa shape index (κ3) is 6.77. The molecule has 0 bridgehead atoms. The zero-order chi connectivity index (χ0) is 14.5. The van der Waals surface area contributed by atoms with Crippen LogP contribution < -0.4 is 5.32 Å². The van der Waals surface area contributed by atoms with Gasteiger partial charge in [-0.25, -0.2) is 0 Å². The molecule has 112 valence electrons. The summed E-state index contributed by atoms with van der Waals surface area (Å²) < 4.78 is 40.4. The van der Waals surface area contributed by atoms with Gasteiger partial charge in [0.15, 0.2) is 0 Å². The Balaban J connectivity index is 2.16. The van der Waals surface area contributed by atoms with Crippen LogP contribution >= 0.6 is 0 Å². The normalized spacial score (nSPS) is 19.2. The third-order valence-corrected chi connectivity index (χ3v) is 3.07. The molecular formula is C12H20F3NO3. The molecule has 0 aromatic rings. The monoisotopic (exact) mass is 283 g/mol. The van der Waals surface area contributed by atoms with Crippen LogP contribution in [-0.2, 0) is 9.53 Å². The van der Waals surface area contributed by atoms with Crippen LogP contribution in [0.2, 0.25) is 0 Å². The second kappa shape index (κ2) is 6.56. The van der Waals surface area contributed by atoms with Crippen molar-refractivity contribution in [2.45, 2.75) is 56.8 Å². The van der Waals surface area contributed by atoms with Crippen molar-refractivity contribution in [1.82, 2.24) is 5.32 Å². The number of alkyl halides is 3. The molecule has 1 rings (SSSR count). The standard InChI is InChI=1S/C12H20F3NO3/c1-11(10(17)18,16-9-3-4-9)5-2-7-19-8-6-12(13,14)15/h9,16H,2-8H2,1H3,(H,17,18). The van der Waals surface area contributed by atoms with Crippen LogP contribution in [0.1, 0.15) is 39.0 Å². The lowest BCUT2D eigenvalue weighted by molar-refractivity contribution is -0.145. The van der Waals surface area contributed by atoms with Crippen molar-refractivity contribution >= 4 is 5.97 Å². The highest BCUT2D eigenvalue weighted by Gasteiger charge is 2.37. The van der Waals surface area contributed by atoms with Crippen LogP contribution in [-0.4, -0.2) is 42.0 Å². The summed E-state index contributed by atoms with van der Waals surface area (Å²) in [6.07, 6.45) is -2.46. The number of carboxylic acids is 1. The van der Waals surface area contributed by atoms with Gasteiger partial charge in [-0.2, -0.15) is 13.2 Å². The van der Waals surface area contributed by atoms with Crippen molar-refractivity contribution in [3.05, 3.63) is 0 Å². The topological polar surface area (TPSA) is 58.6 Å². The van der Waals surface area contributed by atoms with Gasteiger partial charge in [-0.15, -0.1) is 0 Å². The molecule has 0 aromatic heterocycles. The number of carboxylic acid groups (broad SMARTS) is 1. The van der Waals surface area contributed by atoms with Crippen LogP contribution in [0.15, 0.2) is 0 Å². The van der Waals surface area contributed by atoms with Gasteiger partial charge in [0, 0.05) is 12.6 Å². The summed E-state index contributed by atoms with van der Waals surface area (Å²) in [6, 6.07) is 0.257. The van der Waals surface area contributed by atoms with E-state index in [1.54, 1.807) is 6.92 Å². The fourth-order valence-electron chi connectivity index (χ4n) is 1.74. The zero-order valence-corrected chi connectivity index (χ0v) is 10.9. The Morgan fingerprint density at radius 3 is 2.42 bits per heavy atom. The first-order valence-electron chi connectivity index (χ1n) is 6.38. The number of rotatable bonds is 9. The highest BCUT2D eigenvalue weighted by Crippen LogP contribution is 2.25. The molecule has 1 fully saturated rings. The zero-order valence-electron chi connectivity index (χ0n) is 10.9. The van der Waals surface area contributed by atoms with E-state index in [4.69, 9.17) is 9.84 Å². The first-order valence-corrected chi connectivity index (χ1v) is 6.38. The van der Waals surface area contributed by atoms with Crippen molar-refractivity contribution in [2.75, 3.05) is 13.2 Å². The first-order chi connectivity index (χ1) is 8.73. The lowest BCUT2D eigenvalue weighted by atomic mass is 9.96. The Labute approximate surface area is 110 Å². The van der Waals surface area contributed by atoms with E-state index in [-0.39, 0.29) is 19.3 Å². The molecule has 4 nitrogen and oxygen atoms in total. The molecule has 19 heavy (non-hydrogen) atoms. The highest BCUT2D eigenvalue weighted by atomic mass is 19.4. The highest BCUT2D eigenvalue weighted by molar-refractivity contribution is 5.78. The summed E-state index contributed by atoms with van der Waals surface area (Å²) in [5.41, 5.74) is -1.02. The van der Waals surface area contributed by atoms with E-state index in [9.17, 15) is 18.0 Å². The van der Waals surface area contributed by atoms with Crippen molar-refractivity contribution in [1.29, 1.82) is 0 Å². The summed E-state index contributed by atoms with van der Waals surface area (Å²) in [4.78, 5) is 11.2. The predicted molar refractivity (Wildman–Crippen MR) is 62.9 cm³/mol. The van der Waals surface area contributed by atoms with Gasteiger partial charge in [0.2, 0.25) is 0 Å². The van der Waals surface area contributed by atoms with E-state index in [1.165, 1.54) is 0 Å².